The van der Waals surface area contributed by atoms with Crippen LogP contribution in [0.3, 0.4) is 0 Å². The molecule has 1 saturated heterocycles. The minimum Gasteiger partial charge on any atom is -0.337 e. The zero-order chi connectivity index (χ0) is 12.6. The molecule has 0 N–H and O–H groups in total. The van der Waals surface area contributed by atoms with Crippen molar-refractivity contribution in [2.24, 2.45) is 11.3 Å². The Kier molecular flexibility index (Phi) is 3.99. The van der Waals surface area contributed by atoms with Crippen molar-refractivity contribution in [3.8, 4) is 0 Å². The summed E-state index contributed by atoms with van der Waals surface area (Å²) < 4.78 is 0. The number of hydrogen-bond acceptors (Lipinski definition) is 2. The van der Waals surface area contributed by atoms with Crippen LogP contribution in [0.25, 0.3) is 0 Å². The van der Waals surface area contributed by atoms with Gasteiger partial charge in [-0.1, -0.05) is 20.8 Å². The lowest BCUT2D eigenvalue weighted by atomic mass is 9.80. The maximum absolute atomic E-state index is 12.6. The smallest absolute Gasteiger partial charge is 0.227 e. The van der Waals surface area contributed by atoms with Crippen molar-refractivity contribution >= 4 is 17.7 Å². The molecule has 94 valence electrons. The van der Waals surface area contributed by atoms with Gasteiger partial charge >= 0.3 is 0 Å². The van der Waals surface area contributed by atoms with Gasteiger partial charge in [-0.15, -0.1) is 0 Å². The van der Waals surface area contributed by atoms with Crippen LogP contribution in [0.15, 0.2) is 0 Å². The van der Waals surface area contributed by atoms with Crippen molar-refractivity contribution < 1.29 is 4.79 Å². The van der Waals surface area contributed by atoms with E-state index in [1.807, 2.05) is 11.8 Å². The molecular formula is C13H25NOS. The molecule has 2 nitrogen and oxygen atoms in total. The Bertz CT molecular complexity index is 236. The Morgan fingerprint density at radius 1 is 1.19 bits per heavy atom. The molecule has 1 atom stereocenters. The Labute approximate surface area is 104 Å². The van der Waals surface area contributed by atoms with E-state index in [-0.39, 0.29) is 16.9 Å². The van der Waals surface area contributed by atoms with E-state index in [1.165, 1.54) is 0 Å². The lowest BCUT2D eigenvalue weighted by Crippen LogP contribution is -2.50. The van der Waals surface area contributed by atoms with E-state index in [2.05, 4.69) is 46.4 Å². The summed E-state index contributed by atoms with van der Waals surface area (Å²) in [5.41, 5.74) is 0.0173. The first kappa shape index (κ1) is 13.9. The van der Waals surface area contributed by atoms with Crippen molar-refractivity contribution in [1.29, 1.82) is 0 Å². The standard InChI is InChI=1S/C13H25NOS/c1-12(2,3)10-9-16-8-7-14(11(10)15)13(4,5)6/h10H,7-9H2,1-6H3. The number of thioether (sulfide) groups is 1. The first-order valence-corrected chi connectivity index (χ1v) is 7.19. The quantitative estimate of drug-likeness (QED) is 0.652. The third-order valence-electron chi connectivity index (χ3n) is 3.16. The molecule has 1 unspecified atom stereocenters. The molecule has 16 heavy (non-hydrogen) atoms. The van der Waals surface area contributed by atoms with Gasteiger partial charge in [0.1, 0.15) is 0 Å². The van der Waals surface area contributed by atoms with Crippen LogP contribution in [0, 0.1) is 11.3 Å². The normalized spacial score (nSPS) is 24.5. The van der Waals surface area contributed by atoms with E-state index in [1.54, 1.807) is 0 Å². The van der Waals surface area contributed by atoms with Crippen molar-refractivity contribution in [2.45, 2.75) is 47.1 Å². The second-order valence-corrected chi connectivity index (χ2v) is 7.80. The van der Waals surface area contributed by atoms with Crippen LogP contribution in [0.2, 0.25) is 0 Å². The lowest BCUT2D eigenvalue weighted by molar-refractivity contribution is -0.142. The largest absolute Gasteiger partial charge is 0.337 e. The van der Waals surface area contributed by atoms with Gasteiger partial charge in [0.2, 0.25) is 5.91 Å². The first-order valence-electron chi connectivity index (χ1n) is 6.03. The molecule has 0 aliphatic carbocycles. The van der Waals surface area contributed by atoms with E-state index in [9.17, 15) is 4.79 Å². The Balaban J connectivity index is 2.94. The number of carbonyl (C=O) groups excluding carboxylic acids is 1. The second-order valence-electron chi connectivity index (χ2n) is 6.65. The fourth-order valence-corrected chi connectivity index (χ4v) is 3.37. The summed E-state index contributed by atoms with van der Waals surface area (Å²) >= 11 is 1.91. The van der Waals surface area contributed by atoms with E-state index in [4.69, 9.17) is 0 Å². The highest BCUT2D eigenvalue weighted by Gasteiger charge is 2.39. The number of amides is 1. The molecule has 1 rings (SSSR count). The van der Waals surface area contributed by atoms with Gasteiger partial charge in [0.25, 0.3) is 0 Å². The van der Waals surface area contributed by atoms with Gasteiger partial charge < -0.3 is 4.90 Å². The predicted molar refractivity (Wildman–Crippen MR) is 71.7 cm³/mol. The van der Waals surface area contributed by atoms with Crippen LogP contribution >= 0.6 is 11.8 Å². The summed E-state index contributed by atoms with van der Waals surface area (Å²) in [5.74, 6) is 2.52. The molecule has 1 aliphatic heterocycles. The fourth-order valence-electron chi connectivity index (χ4n) is 2.01. The molecule has 1 amide bonds. The molecule has 3 heteroatoms. The molecule has 1 aliphatic rings. The fraction of sp³-hybridized carbons (Fsp3) is 0.923. The molecule has 0 aromatic rings. The Hall–Kier alpha value is -0.180. The van der Waals surface area contributed by atoms with Gasteiger partial charge in [0.15, 0.2) is 0 Å². The highest BCUT2D eigenvalue weighted by atomic mass is 32.2. The SMILES string of the molecule is CC(C)(C)C1CSCCN(C(C)(C)C)C1=O. The van der Waals surface area contributed by atoms with Crippen LogP contribution in [-0.4, -0.2) is 34.4 Å². The lowest BCUT2D eigenvalue weighted by Gasteiger charge is -2.39. The average molecular weight is 243 g/mol. The molecule has 1 fully saturated rings. The summed E-state index contributed by atoms with van der Waals surface area (Å²) in [7, 11) is 0. The molecule has 1 heterocycles. The van der Waals surface area contributed by atoms with Gasteiger partial charge in [-0.25, -0.2) is 0 Å². The van der Waals surface area contributed by atoms with Crippen LogP contribution in [-0.2, 0) is 4.79 Å². The summed E-state index contributed by atoms with van der Waals surface area (Å²) in [6, 6.07) is 0. The van der Waals surface area contributed by atoms with E-state index >= 15 is 0 Å². The molecule has 0 spiro atoms. The van der Waals surface area contributed by atoms with Crippen LogP contribution in [0.5, 0.6) is 0 Å². The molecule has 0 aromatic heterocycles. The van der Waals surface area contributed by atoms with Crippen molar-refractivity contribution in [2.75, 3.05) is 18.1 Å². The van der Waals surface area contributed by atoms with Crippen LogP contribution in [0.1, 0.15) is 41.5 Å². The summed E-state index contributed by atoms with van der Waals surface area (Å²) in [6.45, 7) is 13.8. The minimum atomic E-state index is -0.0501. The van der Waals surface area contributed by atoms with Crippen molar-refractivity contribution in [3.63, 3.8) is 0 Å². The van der Waals surface area contributed by atoms with Gasteiger partial charge in [-0.2, -0.15) is 11.8 Å². The first-order chi connectivity index (χ1) is 7.14. The second kappa shape index (κ2) is 4.59. The molecule has 0 saturated carbocycles. The summed E-state index contributed by atoms with van der Waals surface area (Å²) in [4.78, 5) is 14.6. The maximum atomic E-state index is 12.6. The van der Waals surface area contributed by atoms with Gasteiger partial charge in [-0.3, -0.25) is 4.79 Å². The molecule has 0 bridgehead atoms. The van der Waals surface area contributed by atoms with Crippen molar-refractivity contribution in [3.05, 3.63) is 0 Å². The molecule has 0 aromatic carbocycles. The maximum Gasteiger partial charge on any atom is 0.227 e. The summed E-state index contributed by atoms with van der Waals surface area (Å²) in [6.07, 6.45) is 0. The number of hydrogen-bond donors (Lipinski definition) is 0. The monoisotopic (exact) mass is 243 g/mol. The highest BCUT2D eigenvalue weighted by Crippen LogP contribution is 2.34. The number of carbonyl (C=O) groups is 1. The Morgan fingerprint density at radius 2 is 1.75 bits per heavy atom. The van der Waals surface area contributed by atoms with Gasteiger partial charge in [0.05, 0.1) is 5.92 Å². The third kappa shape index (κ3) is 3.16. The van der Waals surface area contributed by atoms with Gasteiger partial charge in [0, 0.05) is 23.6 Å². The predicted octanol–water partition coefficient (Wildman–Crippen LogP) is 3.02. The Morgan fingerprint density at radius 3 is 2.19 bits per heavy atom. The average Bonchev–Trinajstić information content (AvgIpc) is 2.23. The molecule has 0 radical (unpaired) electrons. The third-order valence-corrected chi connectivity index (χ3v) is 4.20. The van der Waals surface area contributed by atoms with E-state index < -0.39 is 0 Å². The van der Waals surface area contributed by atoms with Crippen molar-refractivity contribution in [1.82, 2.24) is 4.90 Å². The topological polar surface area (TPSA) is 20.3 Å². The van der Waals surface area contributed by atoms with E-state index in [0.717, 1.165) is 18.1 Å². The minimum absolute atomic E-state index is 0.0501. The summed E-state index contributed by atoms with van der Waals surface area (Å²) in [5, 5.41) is 0. The zero-order valence-corrected chi connectivity index (χ0v) is 12.3. The van der Waals surface area contributed by atoms with Gasteiger partial charge in [-0.05, 0) is 26.2 Å². The van der Waals surface area contributed by atoms with Crippen LogP contribution in [0.4, 0.5) is 0 Å². The van der Waals surface area contributed by atoms with Crippen LogP contribution < -0.4 is 0 Å². The number of rotatable bonds is 0. The number of nitrogens with zero attached hydrogens (tertiary/aromatic N) is 1. The zero-order valence-electron chi connectivity index (χ0n) is 11.5. The molecular weight excluding hydrogens is 218 g/mol. The highest BCUT2D eigenvalue weighted by molar-refractivity contribution is 7.99. The van der Waals surface area contributed by atoms with E-state index in [0.29, 0.717) is 5.91 Å².